The maximum absolute atomic E-state index is 5.07. The number of para-hydroxylation sites is 1. The topological polar surface area (TPSA) is 12.9 Å². The van der Waals surface area contributed by atoms with Gasteiger partial charge >= 0.3 is 0 Å². The van der Waals surface area contributed by atoms with Crippen LogP contribution in [-0.4, -0.2) is 13.1 Å². The summed E-state index contributed by atoms with van der Waals surface area (Å²) < 4.78 is 2.93. The van der Waals surface area contributed by atoms with Gasteiger partial charge in [-0.25, -0.2) is 4.98 Å². The quantitative estimate of drug-likeness (QED) is 0.383. The Bertz CT molecular complexity index is 1080. The number of hydrogen-bond donors (Lipinski definition) is 0. The van der Waals surface area contributed by atoms with Crippen LogP contribution in [0.2, 0.25) is 19.6 Å². The standard InChI is InChI=1S/C22H23NSSi/c1-14-10-15(2)12-16(11-14)21-18-13-20(25(3,4)5)24-22(18)17-8-6-7-9-19(17)23-21/h6-13H,1-5H3. The summed E-state index contributed by atoms with van der Waals surface area (Å²) in [7, 11) is -1.36. The highest BCUT2D eigenvalue weighted by atomic mass is 32.1. The number of pyridine rings is 1. The zero-order valence-corrected chi connectivity index (χ0v) is 17.3. The zero-order chi connectivity index (χ0) is 17.8. The normalized spacial score (nSPS) is 12.2. The van der Waals surface area contributed by atoms with E-state index in [1.165, 1.54) is 32.2 Å². The number of thiophene rings is 1. The van der Waals surface area contributed by atoms with Gasteiger partial charge in [-0.2, -0.15) is 0 Å². The van der Waals surface area contributed by atoms with E-state index in [0.29, 0.717) is 0 Å². The van der Waals surface area contributed by atoms with Gasteiger partial charge in [0.05, 0.1) is 19.3 Å². The van der Waals surface area contributed by atoms with E-state index >= 15 is 0 Å². The van der Waals surface area contributed by atoms with E-state index in [-0.39, 0.29) is 0 Å². The Kier molecular flexibility index (Phi) is 3.82. The molecule has 0 fully saturated rings. The lowest BCUT2D eigenvalue weighted by Crippen LogP contribution is -2.34. The molecule has 1 nitrogen and oxygen atoms in total. The van der Waals surface area contributed by atoms with E-state index in [9.17, 15) is 0 Å². The molecule has 0 radical (unpaired) electrons. The SMILES string of the molecule is Cc1cc(C)cc(-c2nc3ccccc3c3sc([Si](C)(C)C)cc23)c1. The molecule has 0 aliphatic heterocycles. The lowest BCUT2D eigenvalue weighted by atomic mass is 10.0. The van der Waals surface area contributed by atoms with Crippen molar-refractivity contribution in [1.29, 1.82) is 0 Å². The van der Waals surface area contributed by atoms with E-state index < -0.39 is 8.07 Å². The summed E-state index contributed by atoms with van der Waals surface area (Å²) in [6.07, 6.45) is 0. The number of aromatic nitrogens is 1. The second-order valence-corrected chi connectivity index (χ2v) is 14.4. The van der Waals surface area contributed by atoms with E-state index in [1.54, 1.807) is 4.50 Å². The van der Waals surface area contributed by atoms with Crippen LogP contribution in [0.5, 0.6) is 0 Å². The van der Waals surface area contributed by atoms with Crippen LogP contribution in [0.3, 0.4) is 0 Å². The van der Waals surface area contributed by atoms with Gasteiger partial charge in [-0.15, -0.1) is 11.3 Å². The van der Waals surface area contributed by atoms with Gasteiger partial charge in [-0.05, 0) is 42.6 Å². The first-order valence-electron chi connectivity index (χ1n) is 8.74. The molecule has 0 spiro atoms. The fourth-order valence-corrected chi connectivity index (χ4v) is 6.46. The van der Waals surface area contributed by atoms with Gasteiger partial charge in [0, 0.05) is 21.0 Å². The molecular weight excluding hydrogens is 338 g/mol. The molecular formula is C22H23NSSi. The molecule has 126 valence electrons. The summed E-state index contributed by atoms with van der Waals surface area (Å²) >= 11 is 1.97. The molecule has 2 aromatic heterocycles. The molecule has 0 aliphatic carbocycles. The monoisotopic (exact) mass is 361 g/mol. The van der Waals surface area contributed by atoms with Crippen LogP contribution in [-0.2, 0) is 0 Å². The molecule has 2 heterocycles. The Morgan fingerprint density at radius 3 is 2.20 bits per heavy atom. The van der Waals surface area contributed by atoms with Crippen LogP contribution >= 0.6 is 11.3 Å². The molecule has 0 N–H and O–H groups in total. The van der Waals surface area contributed by atoms with E-state index in [0.717, 1.165) is 11.2 Å². The highest BCUT2D eigenvalue weighted by Gasteiger charge is 2.22. The van der Waals surface area contributed by atoms with Gasteiger partial charge in [-0.1, -0.05) is 55.0 Å². The minimum absolute atomic E-state index is 1.09. The Labute approximate surface area is 154 Å². The van der Waals surface area contributed by atoms with Crippen LogP contribution in [0, 0.1) is 13.8 Å². The Balaban J connectivity index is 2.13. The van der Waals surface area contributed by atoms with Crippen LogP contribution < -0.4 is 4.50 Å². The number of fused-ring (bicyclic) bond motifs is 3. The first-order valence-corrected chi connectivity index (χ1v) is 13.1. The van der Waals surface area contributed by atoms with Crippen LogP contribution in [0.25, 0.3) is 32.2 Å². The maximum Gasteiger partial charge on any atom is 0.0904 e. The number of rotatable bonds is 2. The molecule has 25 heavy (non-hydrogen) atoms. The summed E-state index contributed by atoms with van der Waals surface area (Å²) in [5, 5.41) is 2.59. The highest BCUT2D eigenvalue weighted by Crippen LogP contribution is 2.36. The van der Waals surface area contributed by atoms with Crippen molar-refractivity contribution in [2.45, 2.75) is 33.5 Å². The fraction of sp³-hybridized carbons (Fsp3) is 0.227. The first-order chi connectivity index (χ1) is 11.8. The third-order valence-electron chi connectivity index (χ3n) is 4.60. The first kappa shape index (κ1) is 16.5. The summed E-state index contributed by atoms with van der Waals surface area (Å²) in [6.45, 7) is 11.6. The van der Waals surface area contributed by atoms with E-state index in [2.05, 4.69) is 82.0 Å². The van der Waals surface area contributed by atoms with E-state index in [4.69, 9.17) is 4.98 Å². The molecule has 4 rings (SSSR count). The number of aryl methyl sites for hydroxylation is 2. The minimum Gasteiger partial charge on any atom is -0.247 e. The molecule has 0 aliphatic rings. The van der Waals surface area contributed by atoms with Crippen molar-refractivity contribution in [3.8, 4) is 11.3 Å². The van der Waals surface area contributed by atoms with Gasteiger partial charge < -0.3 is 0 Å². The molecule has 0 atom stereocenters. The number of hydrogen-bond acceptors (Lipinski definition) is 2. The summed E-state index contributed by atoms with van der Waals surface area (Å²) in [5.74, 6) is 0. The average Bonchev–Trinajstić information content (AvgIpc) is 2.99. The van der Waals surface area contributed by atoms with Crippen molar-refractivity contribution in [3.63, 3.8) is 0 Å². The molecule has 3 heteroatoms. The molecule has 0 bridgehead atoms. The maximum atomic E-state index is 5.07. The fourth-order valence-electron chi connectivity index (χ4n) is 3.41. The van der Waals surface area contributed by atoms with E-state index in [1.807, 2.05) is 11.3 Å². The van der Waals surface area contributed by atoms with Gasteiger partial charge in [0.1, 0.15) is 0 Å². The highest BCUT2D eigenvalue weighted by molar-refractivity contribution is 7.32. The van der Waals surface area contributed by atoms with Crippen molar-refractivity contribution < 1.29 is 0 Å². The Morgan fingerprint density at radius 2 is 1.52 bits per heavy atom. The number of benzene rings is 2. The Hall–Kier alpha value is -1.97. The van der Waals surface area contributed by atoms with Gasteiger partial charge in [0.2, 0.25) is 0 Å². The second-order valence-electron chi connectivity index (χ2n) is 7.96. The second kappa shape index (κ2) is 5.79. The summed E-state index contributed by atoms with van der Waals surface area (Å²) in [4.78, 5) is 5.07. The molecule has 2 aromatic carbocycles. The molecule has 0 amide bonds. The predicted molar refractivity (Wildman–Crippen MR) is 115 cm³/mol. The van der Waals surface area contributed by atoms with Crippen LogP contribution in [0.4, 0.5) is 0 Å². The van der Waals surface area contributed by atoms with Gasteiger partial charge in [0.15, 0.2) is 0 Å². The smallest absolute Gasteiger partial charge is 0.0904 e. The van der Waals surface area contributed by atoms with Crippen molar-refractivity contribution in [1.82, 2.24) is 4.98 Å². The molecule has 0 saturated heterocycles. The third kappa shape index (κ3) is 2.92. The predicted octanol–water partition coefficient (Wildman–Crippen LogP) is 6.28. The van der Waals surface area contributed by atoms with Gasteiger partial charge in [-0.3, -0.25) is 0 Å². The lowest BCUT2D eigenvalue weighted by Gasteiger charge is -2.12. The summed E-state index contributed by atoms with van der Waals surface area (Å²) in [6, 6.07) is 17.7. The van der Waals surface area contributed by atoms with Crippen LogP contribution in [0.1, 0.15) is 11.1 Å². The lowest BCUT2D eigenvalue weighted by molar-refractivity contribution is 1.36. The largest absolute Gasteiger partial charge is 0.247 e. The van der Waals surface area contributed by atoms with Gasteiger partial charge in [0.25, 0.3) is 0 Å². The third-order valence-corrected chi connectivity index (χ3v) is 9.35. The van der Waals surface area contributed by atoms with Crippen molar-refractivity contribution in [2.24, 2.45) is 0 Å². The average molecular weight is 362 g/mol. The zero-order valence-electron chi connectivity index (χ0n) is 15.5. The van der Waals surface area contributed by atoms with Crippen molar-refractivity contribution >= 4 is 44.9 Å². The van der Waals surface area contributed by atoms with Crippen molar-refractivity contribution in [3.05, 3.63) is 59.7 Å². The Morgan fingerprint density at radius 1 is 0.840 bits per heavy atom. The molecule has 0 unspecified atom stereocenters. The summed E-state index contributed by atoms with van der Waals surface area (Å²) in [5.41, 5.74) is 6.03. The minimum atomic E-state index is -1.36. The molecule has 0 saturated carbocycles. The van der Waals surface area contributed by atoms with Crippen LogP contribution in [0.15, 0.2) is 48.5 Å². The molecule has 4 aromatic rings. The number of nitrogens with zero attached hydrogens (tertiary/aromatic N) is 1. The van der Waals surface area contributed by atoms with Crippen molar-refractivity contribution in [2.75, 3.05) is 0 Å².